The van der Waals surface area contributed by atoms with Crippen LogP contribution in [-0.2, 0) is 11.2 Å². The lowest BCUT2D eigenvalue weighted by Gasteiger charge is -2.24. The van der Waals surface area contributed by atoms with Crippen molar-refractivity contribution in [2.45, 2.75) is 20.3 Å². The van der Waals surface area contributed by atoms with Gasteiger partial charge in [-0.1, -0.05) is 12.1 Å². The molecule has 2 N–H and O–H groups in total. The average molecular weight is 527 g/mol. The van der Waals surface area contributed by atoms with Crippen LogP contribution in [0.1, 0.15) is 18.2 Å². The molecule has 0 aliphatic carbocycles. The van der Waals surface area contributed by atoms with E-state index in [-0.39, 0.29) is 36.4 Å². The summed E-state index contributed by atoms with van der Waals surface area (Å²) < 4.78 is 5.36. The highest BCUT2D eigenvalue weighted by Gasteiger charge is 2.07. The van der Waals surface area contributed by atoms with E-state index in [9.17, 15) is 4.79 Å². The van der Waals surface area contributed by atoms with Crippen LogP contribution >= 0.6 is 24.0 Å². The fraction of sp³-hybridized carbons (Fsp3) is 0.455. The molecule has 1 aromatic carbocycles. The number of anilines is 1. The Balaban J connectivity index is 0.00000450. The van der Waals surface area contributed by atoms with Crippen molar-refractivity contribution in [3.63, 3.8) is 0 Å². The zero-order chi connectivity index (χ0) is 21.1. The summed E-state index contributed by atoms with van der Waals surface area (Å²) in [5, 5.41) is 6.62. The molecule has 0 saturated heterocycles. The highest BCUT2D eigenvalue weighted by atomic mass is 127. The lowest BCUT2D eigenvalue weighted by atomic mass is 10.2. The minimum Gasteiger partial charge on any atom is -0.469 e. The zero-order valence-corrected chi connectivity index (χ0v) is 20.7. The Hall–Kier alpha value is -2.23. The number of halogens is 1. The first kappa shape index (κ1) is 25.8. The first-order chi connectivity index (χ1) is 14.0. The first-order valence-electron chi connectivity index (χ1n) is 10.1. The van der Waals surface area contributed by atoms with Gasteiger partial charge in [0.25, 0.3) is 0 Å². The van der Waals surface area contributed by atoms with Gasteiger partial charge in [0.2, 0.25) is 5.91 Å². The minimum absolute atomic E-state index is 0. The Kier molecular flexibility index (Phi) is 12.0. The molecule has 166 valence electrons. The third kappa shape index (κ3) is 9.06. The van der Waals surface area contributed by atoms with Crippen molar-refractivity contribution in [1.29, 1.82) is 0 Å². The zero-order valence-electron chi connectivity index (χ0n) is 18.4. The highest BCUT2D eigenvalue weighted by molar-refractivity contribution is 14.0. The fourth-order valence-electron chi connectivity index (χ4n) is 2.83. The van der Waals surface area contributed by atoms with Crippen molar-refractivity contribution >= 4 is 41.5 Å². The molecule has 0 bridgehead atoms. The fourth-order valence-corrected chi connectivity index (χ4v) is 2.83. The molecule has 0 unspecified atom stereocenters. The molecule has 1 aromatic heterocycles. The number of hydrogen-bond acceptors (Lipinski definition) is 4. The van der Waals surface area contributed by atoms with E-state index in [0.29, 0.717) is 19.0 Å². The van der Waals surface area contributed by atoms with E-state index in [0.717, 1.165) is 25.3 Å². The molecule has 2 aromatic rings. The van der Waals surface area contributed by atoms with Crippen LogP contribution in [0.4, 0.5) is 5.69 Å². The Labute approximate surface area is 196 Å². The Morgan fingerprint density at radius 1 is 1.13 bits per heavy atom. The number of amides is 1. The highest BCUT2D eigenvalue weighted by Crippen LogP contribution is 2.14. The van der Waals surface area contributed by atoms with Gasteiger partial charge in [0.1, 0.15) is 12.3 Å². The van der Waals surface area contributed by atoms with Gasteiger partial charge >= 0.3 is 0 Å². The van der Waals surface area contributed by atoms with Gasteiger partial charge in [-0.2, -0.15) is 0 Å². The quantitative estimate of drug-likeness (QED) is 0.283. The average Bonchev–Trinajstić information content (AvgIpc) is 3.22. The third-order valence-corrected chi connectivity index (χ3v) is 4.54. The van der Waals surface area contributed by atoms with Crippen molar-refractivity contribution in [3.8, 4) is 0 Å². The molecule has 0 fully saturated rings. The van der Waals surface area contributed by atoms with Gasteiger partial charge in [-0.25, -0.2) is 4.99 Å². The van der Waals surface area contributed by atoms with Gasteiger partial charge in [0.15, 0.2) is 5.96 Å². The SMILES string of the molecule is CCN(CCNC(=NCC(=O)N(C)C)NCCc1ccco1)c1cccc(C)c1.I. The number of nitrogens with one attached hydrogen (secondary N) is 2. The molecule has 0 atom stereocenters. The number of benzene rings is 1. The second kappa shape index (κ2) is 13.9. The normalized spacial score (nSPS) is 10.9. The number of guanidine groups is 1. The summed E-state index contributed by atoms with van der Waals surface area (Å²) in [7, 11) is 3.46. The van der Waals surface area contributed by atoms with E-state index < -0.39 is 0 Å². The summed E-state index contributed by atoms with van der Waals surface area (Å²) >= 11 is 0. The van der Waals surface area contributed by atoms with E-state index in [1.807, 2.05) is 12.1 Å². The molecular formula is C22H34IN5O2. The summed E-state index contributed by atoms with van der Waals surface area (Å²) in [5.41, 5.74) is 2.46. The standard InChI is InChI=1S/C22H33N5O2.HI/c1-5-27(19-9-6-8-18(2)16-19)14-13-24-22(25-17-21(28)26(3)4)23-12-11-20-10-7-15-29-20;/h6-10,15-16H,5,11-14,17H2,1-4H3,(H2,23,24,25);1H. The van der Waals surface area contributed by atoms with E-state index in [2.05, 4.69) is 58.6 Å². The van der Waals surface area contributed by atoms with Crippen LogP contribution in [0.3, 0.4) is 0 Å². The van der Waals surface area contributed by atoms with Crippen molar-refractivity contribution < 1.29 is 9.21 Å². The molecule has 0 aliphatic heterocycles. The predicted octanol–water partition coefficient (Wildman–Crippen LogP) is 2.90. The maximum Gasteiger partial charge on any atom is 0.243 e. The van der Waals surface area contributed by atoms with Gasteiger partial charge in [0, 0.05) is 52.4 Å². The van der Waals surface area contributed by atoms with Gasteiger partial charge in [-0.3, -0.25) is 4.79 Å². The number of rotatable bonds is 10. The van der Waals surface area contributed by atoms with Crippen LogP contribution in [0.2, 0.25) is 0 Å². The monoisotopic (exact) mass is 527 g/mol. The topological polar surface area (TPSA) is 73.1 Å². The minimum atomic E-state index is -0.0351. The van der Waals surface area contributed by atoms with E-state index >= 15 is 0 Å². The number of hydrogen-bond donors (Lipinski definition) is 2. The molecule has 7 nitrogen and oxygen atoms in total. The Morgan fingerprint density at radius 2 is 1.90 bits per heavy atom. The summed E-state index contributed by atoms with van der Waals surface area (Å²) in [5.74, 6) is 1.51. The molecule has 1 amide bonds. The van der Waals surface area contributed by atoms with E-state index in [1.54, 1.807) is 25.3 Å². The van der Waals surface area contributed by atoms with Crippen molar-refractivity contribution in [2.24, 2.45) is 4.99 Å². The maximum atomic E-state index is 11.9. The number of nitrogens with zero attached hydrogens (tertiary/aromatic N) is 3. The number of likely N-dealkylation sites (N-methyl/N-ethyl adjacent to an activating group) is 2. The summed E-state index contributed by atoms with van der Waals surface area (Å²) in [6.45, 7) is 7.50. The van der Waals surface area contributed by atoms with Gasteiger partial charge in [-0.15, -0.1) is 24.0 Å². The molecule has 2 rings (SSSR count). The van der Waals surface area contributed by atoms with Crippen molar-refractivity contribution in [2.75, 3.05) is 51.7 Å². The van der Waals surface area contributed by atoms with Gasteiger partial charge in [-0.05, 0) is 43.7 Å². The van der Waals surface area contributed by atoms with Crippen LogP contribution in [0.25, 0.3) is 0 Å². The van der Waals surface area contributed by atoms with Crippen LogP contribution in [0, 0.1) is 6.92 Å². The molecular weight excluding hydrogens is 493 g/mol. The van der Waals surface area contributed by atoms with E-state index in [1.165, 1.54) is 11.3 Å². The number of aliphatic imine (C=N–C) groups is 1. The lowest BCUT2D eigenvalue weighted by molar-refractivity contribution is -0.127. The predicted molar refractivity (Wildman–Crippen MR) is 134 cm³/mol. The third-order valence-electron chi connectivity index (χ3n) is 4.54. The molecule has 1 heterocycles. The summed E-state index contributed by atoms with van der Waals surface area (Å²) in [6, 6.07) is 12.3. The molecule has 0 spiro atoms. The van der Waals surface area contributed by atoms with E-state index in [4.69, 9.17) is 4.42 Å². The Morgan fingerprint density at radius 3 is 2.53 bits per heavy atom. The molecule has 8 heteroatoms. The lowest BCUT2D eigenvalue weighted by Crippen LogP contribution is -2.43. The van der Waals surface area contributed by atoms with Gasteiger partial charge < -0.3 is 24.9 Å². The van der Waals surface area contributed by atoms with Crippen molar-refractivity contribution in [3.05, 3.63) is 54.0 Å². The summed E-state index contributed by atoms with van der Waals surface area (Å²) in [4.78, 5) is 20.2. The largest absolute Gasteiger partial charge is 0.469 e. The van der Waals surface area contributed by atoms with Crippen LogP contribution in [0.5, 0.6) is 0 Å². The number of furan rings is 1. The summed E-state index contributed by atoms with van der Waals surface area (Å²) in [6.07, 6.45) is 2.42. The van der Waals surface area contributed by atoms with Crippen LogP contribution in [-0.4, -0.2) is 63.6 Å². The molecule has 0 radical (unpaired) electrons. The van der Waals surface area contributed by atoms with Crippen LogP contribution in [0.15, 0.2) is 52.1 Å². The van der Waals surface area contributed by atoms with Crippen molar-refractivity contribution in [1.82, 2.24) is 15.5 Å². The molecule has 0 aliphatic rings. The Bertz CT molecular complexity index is 778. The smallest absolute Gasteiger partial charge is 0.243 e. The number of aryl methyl sites for hydroxylation is 1. The molecule has 30 heavy (non-hydrogen) atoms. The maximum absolute atomic E-state index is 11.9. The first-order valence-corrected chi connectivity index (χ1v) is 10.1. The second-order valence-electron chi connectivity index (χ2n) is 7.05. The molecule has 0 saturated carbocycles. The number of carbonyl (C=O) groups excluding carboxylic acids is 1. The second-order valence-corrected chi connectivity index (χ2v) is 7.05. The number of carbonyl (C=O) groups is 1. The van der Waals surface area contributed by atoms with Gasteiger partial charge in [0.05, 0.1) is 6.26 Å². The van der Waals surface area contributed by atoms with Crippen LogP contribution < -0.4 is 15.5 Å².